The Hall–Kier alpha value is -5.25. The fourth-order valence-electron chi connectivity index (χ4n) is 7.19. The van der Waals surface area contributed by atoms with Gasteiger partial charge in [-0.15, -0.1) is 0 Å². The summed E-state index contributed by atoms with van der Waals surface area (Å²) >= 11 is 0. The number of carbonyl (C=O) groups is 2. The lowest BCUT2D eigenvalue weighted by atomic mass is 9.99. The highest BCUT2D eigenvalue weighted by molar-refractivity contribution is 5.79. The monoisotopic (exact) mass is 751 g/mol. The Labute approximate surface area is 323 Å². The average Bonchev–Trinajstić information content (AvgIpc) is 3.44. The Kier molecular flexibility index (Phi) is 13.7. The molecule has 1 aromatic carbocycles. The molecular formula is C45H52F3N5O2. The number of hydrogen-bond acceptors (Lipinski definition) is 6. The van der Waals surface area contributed by atoms with Crippen LogP contribution < -0.4 is 20.4 Å². The number of carbonyl (C=O) groups excluding carboxylic acids is 2. The van der Waals surface area contributed by atoms with E-state index >= 15 is 0 Å². The molecule has 1 saturated heterocycles. The summed E-state index contributed by atoms with van der Waals surface area (Å²) in [7, 11) is 0. The van der Waals surface area contributed by atoms with Crippen LogP contribution in [0.3, 0.4) is 0 Å². The van der Waals surface area contributed by atoms with Gasteiger partial charge in [-0.25, -0.2) is 0 Å². The van der Waals surface area contributed by atoms with Crippen molar-refractivity contribution in [1.29, 1.82) is 0 Å². The Morgan fingerprint density at radius 1 is 1.07 bits per heavy atom. The first-order valence-corrected chi connectivity index (χ1v) is 19.2. The van der Waals surface area contributed by atoms with E-state index in [9.17, 15) is 22.8 Å². The number of alkyl halides is 3. The highest BCUT2D eigenvalue weighted by Gasteiger charge is 2.37. The van der Waals surface area contributed by atoms with Gasteiger partial charge >= 0.3 is 6.18 Å². The lowest BCUT2D eigenvalue weighted by Gasteiger charge is -2.38. The molecule has 0 bridgehead atoms. The molecule has 0 radical (unpaired) electrons. The zero-order chi connectivity index (χ0) is 39.7. The molecule has 1 atom stereocenters. The van der Waals surface area contributed by atoms with Crippen LogP contribution in [-0.2, 0) is 28.6 Å². The van der Waals surface area contributed by atoms with Gasteiger partial charge in [0.05, 0.1) is 28.8 Å². The van der Waals surface area contributed by atoms with Gasteiger partial charge in [-0.2, -0.15) is 13.2 Å². The molecule has 3 heterocycles. The summed E-state index contributed by atoms with van der Waals surface area (Å²) in [6.07, 6.45) is 17.2. The van der Waals surface area contributed by atoms with Gasteiger partial charge in [0.15, 0.2) is 0 Å². The topological polar surface area (TPSA) is 69.6 Å². The van der Waals surface area contributed by atoms with Crippen LogP contribution in [0.1, 0.15) is 81.8 Å². The van der Waals surface area contributed by atoms with Crippen molar-refractivity contribution in [3.63, 3.8) is 0 Å². The van der Waals surface area contributed by atoms with E-state index < -0.39 is 11.7 Å². The van der Waals surface area contributed by atoms with Crippen LogP contribution in [0.2, 0.25) is 0 Å². The van der Waals surface area contributed by atoms with E-state index in [-0.39, 0.29) is 42.8 Å². The Bertz CT molecular complexity index is 2110. The molecule has 1 amide bonds. The van der Waals surface area contributed by atoms with E-state index in [1.807, 2.05) is 58.2 Å². The number of amides is 1. The molecule has 3 aromatic rings. The van der Waals surface area contributed by atoms with Gasteiger partial charge in [0.1, 0.15) is 6.29 Å². The number of hydrogen-bond donors (Lipinski definition) is 0. The second-order valence-electron chi connectivity index (χ2n) is 14.1. The number of allylic oxidation sites excluding steroid dienone is 7. The maximum absolute atomic E-state index is 14.9. The second kappa shape index (κ2) is 18.4. The molecule has 1 fully saturated rings. The first kappa shape index (κ1) is 40.9. The first-order chi connectivity index (χ1) is 26.4. The third-order valence-electron chi connectivity index (χ3n) is 10.5. The molecule has 1 unspecified atom stereocenters. The lowest BCUT2D eigenvalue weighted by Crippen LogP contribution is -2.50. The molecular weight excluding hydrogens is 700 g/mol. The summed E-state index contributed by atoms with van der Waals surface area (Å²) in [5, 5.41) is 1.17. The Morgan fingerprint density at radius 3 is 2.51 bits per heavy atom. The molecule has 5 rings (SSSR count). The maximum atomic E-state index is 14.9. The number of pyridine rings is 2. The predicted octanol–water partition coefficient (Wildman–Crippen LogP) is 8.24. The van der Waals surface area contributed by atoms with Crippen molar-refractivity contribution >= 4 is 53.1 Å². The van der Waals surface area contributed by atoms with Crippen molar-refractivity contribution in [3.8, 4) is 0 Å². The molecule has 7 nitrogen and oxygen atoms in total. The van der Waals surface area contributed by atoms with Gasteiger partial charge < -0.3 is 19.5 Å². The van der Waals surface area contributed by atoms with Crippen LogP contribution in [0.15, 0.2) is 73.1 Å². The molecule has 0 N–H and O–H groups in total. The summed E-state index contributed by atoms with van der Waals surface area (Å²) in [5.74, 6) is -0.103. The maximum Gasteiger partial charge on any atom is 0.418 e. The quantitative estimate of drug-likeness (QED) is 0.130. The summed E-state index contributed by atoms with van der Waals surface area (Å²) in [4.78, 5) is 39.6. The van der Waals surface area contributed by atoms with Gasteiger partial charge in [0.2, 0.25) is 5.91 Å². The van der Waals surface area contributed by atoms with Crippen molar-refractivity contribution in [3.05, 3.63) is 112 Å². The fraction of sp³-hybridized carbons (Fsp3) is 0.378. The number of benzene rings is 1. The lowest BCUT2D eigenvalue weighted by molar-refractivity contribution is -0.138. The summed E-state index contributed by atoms with van der Waals surface area (Å²) in [5.41, 5.74) is 6.04. The van der Waals surface area contributed by atoms with Crippen molar-refractivity contribution in [2.24, 2.45) is 5.92 Å². The molecule has 0 spiro atoms. The number of rotatable bonds is 13. The third kappa shape index (κ3) is 9.53. The molecule has 0 saturated carbocycles. The van der Waals surface area contributed by atoms with Crippen LogP contribution in [0.5, 0.6) is 0 Å². The van der Waals surface area contributed by atoms with Crippen LogP contribution in [0.4, 0.5) is 30.2 Å². The van der Waals surface area contributed by atoms with Crippen LogP contribution in [0.25, 0.3) is 23.8 Å². The third-order valence-corrected chi connectivity index (χ3v) is 10.5. The van der Waals surface area contributed by atoms with Gasteiger partial charge in [-0.05, 0) is 91.6 Å². The number of anilines is 3. The minimum atomic E-state index is -4.67. The fourth-order valence-corrected chi connectivity index (χ4v) is 7.19. The van der Waals surface area contributed by atoms with E-state index in [1.165, 1.54) is 6.07 Å². The smallest absolute Gasteiger partial charge is 0.367 e. The molecule has 2 aromatic heterocycles. The molecule has 1 aliphatic carbocycles. The zero-order valence-electron chi connectivity index (χ0n) is 32.6. The minimum absolute atomic E-state index is 0.0273. The predicted molar refractivity (Wildman–Crippen MR) is 218 cm³/mol. The summed E-state index contributed by atoms with van der Waals surface area (Å²) in [6, 6.07) is 6.41. The Balaban J connectivity index is 1.54. The average molecular weight is 752 g/mol. The number of piperazine rings is 1. The van der Waals surface area contributed by atoms with Gasteiger partial charge in [0.25, 0.3) is 0 Å². The number of nitrogens with zero attached hydrogens (tertiary/aromatic N) is 5. The van der Waals surface area contributed by atoms with Gasteiger partial charge in [-0.3, -0.25) is 14.8 Å². The van der Waals surface area contributed by atoms with E-state index in [4.69, 9.17) is 9.97 Å². The number of aldehydes is 1. The van der Waals surface area contributed by atoms with E-state index in [0.29, 0.717) is 54.9 Å². The van der Waals surface area contributed by atoms with Crippen molar-refractivity contribution < 1.29 is 22.8 Å². The van der Waals surface area contributed by atoms with Crippen molar-refractivity contribution in [2.45, 2.75) is 72.9 Å². The molecule has 1 aliphatic heterocycles. The largest absolute Gasteiger partial charge is 0.418 e. The molecule has 55 heavy (non-hydrogen) atoms. The molecule has 290 valence electrons. The Morgan fingerprint density at radius 2 is 1.84 bits per heavy atom. The van der Waals surface area contributed by atoms with Crippen molar-refractivity contribution in [1.82, 2.24) is 14.9 Å². The van der Waals surface area contributed by atoms with Crippen LogP contribution in [-0.4, -0.2) is 59.8 Å². The highest BCUT2D eigenvalue weighted by atomic mass is 19.4. The van der Waals surface area contributed by atoms with E-state index in [0.717, 1.165) is 52.4 Å². The van der Waals surface area contributed by atoms with E-state index in [2.05, 4.69) is 37.8 Å². The van der Waals surface area contributed by atoms with Crippen molar-refractivity contribution in [2.75, 3.05) is 42.5 Å². The first-order valence-electron chi connectivity index (χ1n) is 19.2. The number of aromatic nitrogens is 2. The van der Waals surface area contributed by atoms with Crippen LogP contribution in [0, 0.1) is 5.92 Å². The van der Waals surface area contributed by atoms with Gasteiger partial charge in [0, 0.05) is 67.5 Å². The summed E-state index contributed by atoms with van der Waals surface area (Å²) < 4.78 is 44.6. The molecule has 2 aliphatic rings. The summed E-state index contributed by atoms with van der Waals surface area (Å²) in [6.45, 7) is 15.3. The number of fused-ring (bicyclic) bond motifs is 1. The molecule has 10 heteroatoms. The standard InChI is InChI=1S/C45H52F3N5O2/c1-7-10-14-36-29-50-42(32(5)17-18-34(9-3)37-27-35-15-12-11-13-16-40(35)49-30-37)33(6)43(36)53(25-26-54)38-19-20-41(39(28-38)45(46,47)48)51-21-23-52(24-22-51)44(55)31(4)8-2/h7,10-13,15,18-20,26-31H,6,8-9,14,16-17,21-25H2,1-5H3/b10-7-,34-18+,42-32?. The van der Waals surface area contributed by atoms with Crippen LogP contribution >= 0.6 is 0 Å². The van der Waals surface area contributed by atoms with Gasteiger partial charge in [-0.1, -0.05) is 69.9 Å². The SMILES string of the molecule is C=c1c(N(CC=O)c2ccc(N3CCN(C(=O)C(C)CC)CC3)c(C(F)(F)F)c2)c(C/C=C\C)cnc1=C(C)C/C=C(\CC)c1cnc2c(c1)C=CC=CC2. The second-order valence-corrected chi connectivity index (χ2v) is 14.1. The number of halogens is 3. The minimum Gasteiger partial charge on any atom is -0.367 e. The zero-order valence-corrected chi connectivity index (χ0v) is 32.6. The highest BCUT2D eigenvalue weighted by Crippen LogP contribution is 2.40. The van der Waals surface area contributed by atoms with E-state index in [1.54, 1.807) is 27.0 Å². The normalized spacial score (nSPS) is 15.9.